The number of rotatable bonds is 3. The van der Waals surface area contributed by atoms with Crippen LogP contribution in [-0.2, 0) is 14.3 Å². The topological polar surface area (TPSA) is 38.8 Å². The quantitative estimate of drug-likeness (QED) is 0.701. The second kappa shape index (κ2) is 4.94. The molecule has 0 aromatic heterocycles. The van der Waals surface area contributed by atoms with E-state index in [4.69, 9.17) is 9.47 Å². The maximum atomic E-state index is 11.7. The first kappa shape index (κ1) is 12.8. The van der Waals surface area contributed by atoms with Crippen LogP contribution < -0.4 is 0 Å². The predicted octanol–water partition coefficient (Wildman–Crippen LogP) is 1.44. The Hall–Kier alpha value is -0.610. The molecule has 1 aliphatic heterocycles. The first-order valence-corrected chi connectivity index (χ1v) is 6.48. The molecule has 0 aromatic rings. The fraction of sp³-hybridized carbons (Fsp3) is 0.923. The molecule has 0 amide bonds. The Bertz CT molecular complexity index is 290. The van der Waals surface area contributed by atoms with Gasteiger partial charge in [-0.2, -0.15) is 0 Å². The zero-order chi connectivity index (χ0) is 12.5. The average molecular weight is 241 g/mol. The SMILES string of the molecule is COC(=O)C(C)(C)CN1CCOC2CCCC21. The number of morpholine rings is 1. The minimum Gasteiger partial charge on any atom is -0.469 e. The van der Waals surface area contributed by atoms with Crippen LogP contribution in [0, 0.1) is 5.41 Å². The number of methoxy groups -OCH3 is 1. The van der Waals surface area contributed by atoms with Gasteiger partial charge in [0.25, 0.3) is 0 Å². The highest BCUT2D eigenvalue weighted by Gasteiger charge is 2.40. The van der Waals surface area contributed by atoms with Crippen molar-refractivity contribution in [1.82, 2.24) is 4.90 Å². The highest BCUT2D eigenvalue weighted by molar-refractivity contribution is 5.76. The third-order valence-electron chi connectivity index (χ3n) is 3.93. The number of carbonyl (C=O) groups is 1. The summed E-state index contributed by atoms with van der Waals surface area (Å²) in [5, 5.41) is 0. The molecule has 0 aromatic carbocycles. The lowest BCUT2D eigenvalue weighted by Gasteiger charge is -2.40. The lowest BCUT2D eigenvalue weighted by Crippen LogP contribution is -2.52. The molecular formula is C13H23NO3. The molecular weight excluding hydrogens is 218 g/mol. The Kier molecular flexibility index (Phi) is 3.73. The van der Waals surface area contributed by atoms with Gasteiger partial charge in [-0.25, -0.2) is 0 Å². The van der Waals surface area contributed by atoms with E-state index in [1.807, 2.05) is 13.8 Å². The maximum Gasteiger partial charge on any atom is 0.312 e. The Balaban J connectivity index is 2.00. The molecule has 1 saturated carbocycles. The van der Waals surface area contributed by atoms with Crippen molar-refractivity contribution in [3.05, 3.63) is 0 Å². The van der Waals surface area contributed by atoms with Crippen LogP contribution in [0.15, 0.2) is 0 Å². The minimum atomic E-state index is -0.431. The van der Waals surface area contributed by atoms with Crippen LogP contribution >= 0.6 is 0 Å². The summed E-state index contributed by atoms with van der Waals surface area (Å²) in [6.07, 6.45) is 3.99. The number of ether oxygens (including phenoxy) is 2. The summed E-state index contributed by atoms with van der Waals surface area (Å²) in [5.74, 6) is -0.126. The van der Waals surface area contributed by atoms with Crippen molar-refractivity contribution in [3.8, 4) is 0 Å². The van der Waals surface area contributed by atoms with Crippen molar-refractivity contribution in [1.29, 1.82) is 0 Å². The zero-order valence-corrected chi connectivity index (χ0v) is 11.1. The van der Waals surface area contributed by atoms with Gasteiger partial charge >= 0.3 is 5.97 Å². The van der Waals surface area contributed by atoms with Crippen LogP contribution in [-0.4, -0.2) is 49.8 Å². The van der Waals surface area contributed by atoms with Gasteiger partial charge in [0, 0.05) is 19.1 Å². The van der Waals surface area contributed by atoms with E-state index in [0.29, 0.717) is 12.1 Å². The molecule has 2 atom stereocenters. The Morgan fingerprint density at radius 1 is 1.47 bits per heavy atom. The molecule has 0 N–H and O–H groups in total. The Morgan fingerprint density at radius 3 is 2.94 bits per heavy atom. The van der Waals surface area contributed by atoms with E-state index in [-0.39, 0.29) is 5.97 Å². The Morgan fingerprint density at radius 2 is 2.24 bits per heavy atom. The van der Waals surface area contributed by atoms with Crippen molar-refractivity contribution in [3.63, 3.8) is 0 Å². The smallest absolute Gasteiger partial charge is 0.312 e. The van der Waals surface area contributed by atoms with Gasteiger partial charge in [0.1, 0.15) is 0 Å². The average Bonchev–Trinajstić information content (AvgIpc) is 2.76. The molecule has 2 aliphatic rings. The number of carbonyl (C=O) groups excluding carboxylic acids is 1. The second-order valence-corrected chi connectivity index (χ2v) is 5.75. The molecule has 0 spiro atoms. The molecule has 17 heavy (non-hydrogen) atoms. The van der Waals surface area contributed by atoms with Gasteiger partial charge in [-0.3, -0.25) is 9.69 Å². The zero-order valence-electron chi connectivity index (χ0n) is 11.1. The van der Waals surface area contributed by atoms with Crippen LogP contribution in [0.4, 0.5) is 0 Å². The van der Waals surface area contributed by atoms with Gasteiger partial charge in [-0.15, -0.1) is 0 Å². The molecule has 4 nitrogen and oxygen atoms in total. The molecule has 0 bridgehead atoms. The van der Waals surface area contributed by atoms with Crippen molar-refractivity contribution < 1.29 is 14.3 Å². The Labute approximate surface area is 103 Å². The van der Waals surface area contributed by atoms with E-state index < -0.39 is 5.41 Å². The van der Waals surface area contributed by atoms with Crippen molar-refractivity contribution in [2.24, 2.45) is 5.41 Å². The highest BCUT2D eigenvalue weighted by atomic mass is 16.5. The molecule has 1 heterocycles. The van der Waals surface area contributed by atoms with Gasteiger partial charge in [0.2, 0.25) is 0 Å². The standard InChI is InChI=1S/C13H23NO3/c1-13(2,12(15)16-3)9-14-7-8-17-11-6-4-5-10(11)14/h10-11H,4-9H2,1-3H3. The van der Waals surface area contributed by atoms with Crippen LogP contribution in [0.3, 0.4) is 0 Å². The molecule has 0 radical (unpaired) electrons. The lowest BCUT2D eigenvalue weighted by atomic mass is 9.91. The van der Waals surface area contributed by atoms with Crippen LogP contribution in [0.2, 0.25) is 0 Å². The first-order chi connectivity index (χ1) is 8.04. The van der Waals surface area contributed by atoms with E-state index in [1.54, 1.807) is 0 Å². The largest absolute Gasteiger partial charge is 0.469 e. The molecule has 2 rings (SSSR count). The fourth-order valence-corrected chi connectivity index (χ4v) is 3.05. The molecule has 98 valence electrons. The van der Waals surface area contributed by atoms with E-state index >= 15 is 0 Å². The van der Waals surface area contributed by atoms with Gasteiger partial charge in [0.15, 0.2) is 0 Å². The summed E-state index contributed by atoms with van der Waals surface area (Å²) in [5.41, 5.74) is -0.431. The minimum absolute atomic E-state index is 0.126. The molecule has 1 saturated heterocycles. The number of hydrogen-bond donors (Lipinski definition) is 0. The first-order valence-electron chi connectivity index (χ1n) is 6.48. The van der Waals surface area contributed by atoms with Crippen molar-refractivity contribution >= 4 is 5.97 Å². The summed E-state index contributed by atoms with van der Waals surface area (Å²) in [6, 6.07) is 0.507. The normalized spacial score (nSPS) is 30.1. The van der Waals surface area contributed by atoms with E-state index in [9.17, 15) is 4.79 Å². The van der Waals surface area contributed by atoms with Gasteiger partial charge in [-0.1, -0.05) is 0 Å². The van der Waals surface area contributed by atoms with Gasteiger partial charge in [-0.05, 0) is 33.1 Å². The van der Waals surface area contributed by atoms with Gasteiger partial charge < -0.3 is 9.47 Å². The monoisotopic (exact) mass is 241 g/mol. The number of hydrogen-bond acceptors (Lipinski definition) is 4. The van der Waals surface area contributed by atoms with Crippen molar-refractivity contribution in [2.45, 2.75) is 45.3 Å². The lowest BCUT2D eigenvalue weighted by molar-refractivity contribution is -0.154. The second-order valence-electron chi connectivity index (χ2n) is 5.75. The van der Waals surface area contributed by atoms with E-state index in [1.165, 1.54) is 26.4 Å². The van der Waals surface area contributed by atoms with E-state index in [2.05, 4.69) is 4.90 Å². The third kappa shape index (κ3) is 2.63. The summed E-state index contributed by atoms with van der Waals surface area (Å²) >= 11 is 0. The fourth-order valence-electron chi connectivity index (χ4n) is 3.05. The molecule has 1 aliphatic carbocycles. The molecule has 2 unspecified atom stereocenters. The number of nitrogens with zero attached hydrogens (tertiary/aromatic N) is 1. The summed E-state index contributed by atoms with van der Waals surface area (Å²) in [4.78, 5) is 14.1. The summed E-state index contributed by atoms with van der Waals surface area (Å²) in [6.45, 7) is 6.40. The van der Waals surface area contributed by atoms with Gasteiger partial charge in [0.05, 0.1) is 25.2 Å². The van der Waals surface area contributed by atoms with Crippen molar-refractivity contribution in [2.75, 3.05) is 26.8 Å². The summed E-state index contributed by atoms with van der Waals surface area (Å²) < 4.78 is 10.6. The summed E-state index contributed by atoms with van der Waals surface area (Å²) in [7, 11) is 1.46. The highest BCUT2D eigenvalue weighted by Crippen LogP contribution is 2.32. The van der Waals surface area contributed by atoms with Crippen LogP contribution in [0.1, 0.15) is 33.1 Å². The molecule has 2 fully saturated rings. The van der Waals surface area contributed by atoms with Crippen LogP contribution in [0.25, 0.3) is 0 Å². The maximum absolute atomic E-state index is 11.7. The van der Waals surface area contributed by atoms with E-state index in [0.717, 1.165) is 19.7 Å². The predicted molar refractivity (Wildman–Crippen MR) is 64.7 cm³/mol. The van der Waals surface area contributed by atoms with Crippen LogP contribution in [0.5, 0.6) is 0 Å². The third-order valence-corrected chi connectivity index (χ3v) is 3.93. The number of esters is 1. The molecule has 4 heteroatoms. The number of fused-ring (bicyclic) bond motifs is 1.